The summed E-state index contributed by atoms with van der Waals surface area (Å²) in [6.45, 7) is 4.13. The van der Waals surface area contributed by atoms with E-state index in [2.05, 4.69) is 20.4 Å². The first-order chi connectivity index (χ1) is 9.50. The first-order valence-electron chi connectivity index (χ1n) is 6.20. The Morgan fingerprint density at radius 1 is 1.50 bits per heavy atom. The van der Waals surface area contributed by atoms with E-state index in [1.807, 2.05) is 13.8 Å². The minimum Gasteiger partial charge on any atom is -0.359 e. The summed E-state index contributed by atoms with van der Waals surface area (Å²) in [5, 5.41) is 18.5. The summed E-state index contributed by atoms with van der Waals surface area (Å²) in [5.41, 5.74) is 1.25. The van der Waals surface area contributed by atoms with E-state index in [1.165, 1.54) is 11.0 Å². The van der Waals surface area contributed by atoms with E-state index in [1.54, 1.807) is 19.3 Å². The molecule has 0 aliphatic rings. The van der Waals surface area contributed by atoms with Crippen LogP contribution in [-0.4, -0.2) is 24.7 Å². The Hall–Kier alpha value is -2.51. The van der Waals surface area contributed by atoms with Crippen molar-refractivity contribution in [2.24, 2.45) is 7.05 Å². The molecule has 1 N–H and O–H groups in total. The first kappa shape index (κ1) is 13.9. The molecule has 106 valence electrons. The Morgan fingerprint density at radius 3 is 2.80 bits per heavy atom. The molecular formula is C12H16N6O2. The van der Waals surface area contributed by atoms with Crippen LogP contribution in [0.25, 0.3) is 0 Å². The molecule has 0 aliphatic carbocycles. The molecule has 0 saturated heterocycles. The molecule has 0 atom stereocenters. The Kier molecular flexibility index (Phi) is 3.92. The quantitative estimate of drug-likeness (QED) is 0.661. The van der Waals surface area contributed by atoms with Gasteiger partial charge < -0.3 is 5.32 Å². The van der Waals surface area contributed by atoms with E-state index >= 15 is 0 Å². The van der Waals surface area contributed by atoms with Crippen LogP contribution >= 0.6 is 0 Å². The standard InChI is InChI=1S/C12H16N6O2/c1-8(2)10-11(18(19)20)12(17(3)16-10)14-6-9-4-5-13-7-15-9/h4-5,7-8,14H,6H2,1-3H3. The van der Waals surface area contributed by atoms with Crippen molar-refractivity contribution in [3.05, 3.63) is 40.1 Å². The van der Waals surface area contributed by atoms with Crippen molar-refractivity contribution in [3.8, 4) is 0 Å². The molecule has 0 aliphatic heterocycles. The SMILES string of the molecule is CC(C)c1nn(C)c(NCc2ccncn2)c1[N+](=O)[O-]. The van der Waals surface area contributed by atoms with Gasteiger partial charge in [-0.05, 0) is 6.07 Å². The Labute approximate surface area is 116 Å². The molecule has 2 aromatic rings. The van der Waals surface area contributed by atoms with Crippen molar-refractivity contribution >= 4 is 11.5 Å². The fourth-order valence-corrected chi connectivity index (χ4v) is 1.90. The molecular weight excluding hydrogens is 260 g/mol. The van der Waals surface area contributed by atoms with Gasteiger partial charge in [0.2, 0.25) is 5.82 Å². The van der Waals surface area contributed by atoms with E-state index < -0.39 is 4.92 Å². The molecule has 2 rings (SSSR count). The van der Waals surface area contributed by atoms with E-state index in [0.29, 0.717) is 18.1 Å². The summed E-state index contributed by atoms with van der Waals surface area (Å²) < 4.78 is 1.49. The first-order valence-corrected chi connectivity index (χ1v) is 6.20. The smallest absolute Gasteiger partial charge is 0.334 e. The number of hydrogen-bond acceptors (Lipinski definition) is 6. The second-order valence-corrected chi connectivity index (χ2v) is 4.67. The van der Waals surface area contributed by atoms with Crippen LogP contribution < -0.4 is 5.32 Å². The van der Waals surface area contributed by atoms with Gasteiger partial charge in [-0.1, -0.05) is 13.8 Å². The highest BCUT2D eigenvalue weighted by atomic mass is 16.6. The third kappa shape index (κ3) is 2.73. The molecule has 20 heavy (non-hydrogen) atoms. The molecule has 0 radical (unpaired) electrons. The fraction of sp³-hybridized carbons (Fsp3) is 0.417. The number of nitrogens with one attached hydrogen (secondary N) is 1. The maximum atomic E-state index is 11.3. The molecule has 8 nitrogen and oxygen atoms in total. The largest absolute Gasteiger partial charge is 0.359 e. The zero-order valence-electron chi connectivity index (χ0n) is 11.6. The normalized spacial score (nSPS) is 10.8. The molecule has 0 bridgehead atoms. The van der Waals surface area contributed by atoms with Gasteiger partial charge in [0.15, 0.2) is 0 Å². The maximum Gasteiger partial charge on any atom is 0.334 e. The predicted octanol–water partition coefficient (Wildman–Crippen LogP) is 1.85. The summed E-state index contributed by atoms with van der Waals surface area (Å²) in [7, 11) is 1.68. The van der Waals surface area contributed by atoms with Crippen LogP contribution in [0.1, 0.15) is 31.2 Å². The monoisotopic (exact) mass is 276 g/mol. The van der Waals surface area contributed by atoms with Gasteiger partial charge in [-0.25, -0.2) is 14.6 Å². The van der Waals surface area contributed by atoms with Crippen LogP contribution in [0.2, 0.25) is 0 Å². The zero-order chi connectivity index (χ0) is 14.7. The number of anilines is 1. The molecule has 0 saturated carbocycles. The van der Waals surface area contributed by atoms with Gasteiger partial charge in [0, 0.05) is 19.2 Å². The van der Waals surface area contributed by atoms with Crippen LogP contribution in [0.5, 0.6) is 0 Å². The van der Waals surface area contributed by atoms with Crippen molar-refractivity contribution in [1.82, 2.24) is 19.7 Å². The number of rotatable bonds is 5. The van der Waals surface area contributed by atoms with Crippen molar-refractivity contribution in [2.45, 2.75) is 26.3 Å². The lowest BCUT2D eigenvalue weighted by Crippen LogP contribution is -2.07. The number of aromatic nitrogens is 4. The van der Waals surface area contributed by atoms with Gasteiger partial charge >= 0.3 is 5.69 Å². The lowest BCUT2D eigenvalue weighted by atomic mass is 10.1. The topological polar surface area (TPSA) is 98.8 Å². The minimum absolute atomic E-state index is 0.0174. The molecule has 0 spiro atoms. The fourth-order valence-electron chi connectivity index (χ4n) is 1.90. The average molecular weight is 276 g/mol. The van der Waals surface area contributed by atoms with E-state index in [4.69, 9.17) is 0 Å². The summed E-state index contributed by atoms with van der Waals surface area (Å²) in [6, 6.07) is 1.75. The van der Waals surface area contributed by atoms with E-state index in [-0.39, 0.29) is 11.6 Å². The number of aryl methyl sites for hydroxylation is 1. The van der Waals surface area contributed by atoms with E-state index in [9.17, 15) is 10.1 Å². The lowest BCUT2D eigenvalue weighted by molar-refractivity contribution is -0.384. The van der Waals surface area contributed by atoms with Gasteiger partial charge in [-0.15, -0.1) is 0 Å². The molecule has 0 unspecified atom stereocenters. The highest BCUT2D eigenvalue weighted by Crippen LogP contribution is 2.32. The van der Waals surface area contributed by atoms with Crippen LogP contribution in [0.3, 0.4) is 0 Å². The van der Waals surface area contributed by atoms with Gasteiger partial charge in [0.25, 0.3) is 0 Å². The summed E-state index contributed by atoms with van der Waals surface area (Å²) >= 11 is 0. The summed E-state index contributed by atoms with van der Waals surface area (Å²) in [6.07, 6.45) is 3.06. The van der Waals surface area contributed by atoms with Crippen LogP contribution in [0, 0.1) is 10.1 Å². The number of nitrogens with zero attached hydrogens (tertiary/aromatic N) is 5. The minimum atomic E-state index is -0.398. The van der Waals surface area contributed by atoms with Crippen LogP contribution in [0.4, 0.5) is 11.5 Å². The summed E-state index contributed by atoms with van der Waals surface area (Å²) in [5.74, 6) is 0.369. The van der Waals surface area contributed by atoms with E-state index in [0.717, 1.165) is 5.69 Å². The molecule has 2 aromatic heterocycles. The molecule has 0 amide bonds. The van der Waals surface area contributed by atoms with Crippen molar-refractivity contribution in [3.63, 3.8) is 0 Å². The second-order valence-electron chi connectivity index (χ2n) is 4.67. The molecule has 8 heteroatoms. The number of hydrogen-bond donors (Lipinski definition) is 1. The van der Waals surface area contributed by atoms with Gasteiger partial charge in [0.1, 0.15) is 12.0 Å². The Balaban J connectivity index is 2.29. The molecule has 2 heterocycles. The third-order valence-electron chi connectivity index (χ3n) is 2.86. The molecule has 0 fully saturated rings. The summed E-state index contributed by atoms with van der Waals surface area (Å²) in [4.78, 5) is 18.8. The second kappa shape index (κ2) is 5.64. The Morgan fingerprint density at radius 2 is 2.25 bits per heavy atom. The van der Waals surface area contributed by atoms with Crippen LogP contribution in [-0.2, 0) is 13.6 Å². The van der Waals surface area contributed by atoms with Gasteiger partial charge in [-0.3, -0.25) is 10.1 Å². The lowest BCUT2D eigenvalue weighted by Gasteiger charge is -2.05. The van der Waals surface area contributed by atoms with Crippen molar-refractivity contribution in [2.75, 3.05) is 5.32 Å². The predicted molar refractivity (Wildman–Crippen MR) is 73.3 cm³/mol. The highest BCUT2D eigenvalue weighted by molar-refractivity contribution is 5.60. The van der Waals surface area contributed by atoms with Gasteiger partial charge in [0.05, 0.1) is 17.2 Å². The van der Waals surface area contributed by atoms with Crippen molar-refractivity contribution in [1.29, 1.82) is 0 Å². The third-order valence-corrected chi connectivity index (χ3v) is 2.86. The molecule has 0 aromatic carbocycles. The average Bonchev–Trinajstić information content (AvgIpc) is 2.75. The highest BCUT2D eigenvalue weighted by Gasteiger charge is 2.28. The van der Waals surface area contributed by atoms with Crippen LogP contribution in [0.15, 0.2) is 18.6 Å². The maximum absolute atomic E-state index is 11.3. The van der Waals surface area contributed by atoms with Crippen molar-refractivity contribution < 1.29 is 4.92 Å². The zero-order valence-corrected chi connectivity index (χ0v) is 11.6. The number of nitro groups is 1. The van der Waals surface area contributed by atoms with Gasteiger partial charge in [-0.2, -0.15) is 5.10 Å². The Bertz CT molecular complexity index is 608.